The standard InChI is InChI=1S/C13H17F3N2O2/c1-2-8-7-18(3-4-19-8)11-6-12(20-13(15)16)9(14)5-10(11)17/h5-6,8,13H,2-4,7,17H2,1H3. The van der Waals surface area contributed by atoms with Crippen LogP contribution in [0.4, 0.5) is 24.5 Å². The molecule has 112 valence electrons. The van der Waals surface area contributed by atoms with Crippen LogP contribution in [0.3, 0.4) is 0 Å². The summed E-state index contributed by atoms with van der Waals surface area (Å²) in [6, 6.07) is 2.22. The Balaban J connectivity index is 2.26. The van der Waals surface area contributed by atoms with Crippen LogP contribution in [0.5, 0.6) is 5.75 Å². The van der Waals surface area contributed by atoms with Gasteiger partial charge >= 0.3 is 6.61 Å². The number of hydrogen-bond donors (Lipinski definition) is 1. The van der Waals surface area contributed by atoms with E-state index in [1.54, 1.807) is 0 Å². The second kappa shape index (κ2) is 6.21. The first-order chi connectivity index (χ1) is 9.51. The molecule has 1 heterocycles. The second-order valence-electron chi connectivity index (χ2n) is 4.57. The molecule has 0 spiro atoms. The highest BCUT2D eigenvalue weighted by molar-refractivity contribution is 5.70. The maximum absolute atomic E-state index is 13.5. The molecule has 2 rings (SSSR count). The number of anilines is 2. The van der Waals surface area contributed by atoms with Gasteiger partial charge in [-0.3, -0.25) is 0 Å². The van der Waals surface area contributed by atoms with Gasteiger partial charge in [0.25, 0.3) is 0 Å². The Hall–Kier alpha value is -1.63. The van der Waals surface area contributed by atoms with Gasteiger partial charge in [-0.05, 0) is 6.42 Å². The van der Waals surface area contributed by atoms with E-state index >= 15 is 0 Å². The molecule has 2 N–H and O–H groups in total. The van der Waals surface area contributed by atoms with Crippen LogP contribution in [0.1, 0.15) is 13.3 Å². The lowest BCUT2D eigenvalue weighted by atomic mass is 10.1. The van der Waals surface area contributed by atoms with Crippen LogP contribution < -0.4 is 15.4 Å². The number of morpholine rings is 1. The van der Waals surface area contributed by atoms with Crippen LogP contribution in [0.25, 0.3) is 0 Å². The minimum Gasteiger partial charge on any atom is -0.432 e. The Bertz CT molecular complexity index is 471. The molecule has 1 unspecified atom stereocenters. The third kappa shape index (κ3) is 3.27. The topological polar surface area (TPSA) is 47.7 Å². The fraction of sp³-hybridized carbons (Fsp3) is 0.538. The summed E-state index contributed by atoms with van der Waals surface area (Å²) in [7, 11) is 0. The molecule has 1 fully saturated rings. The largest absolute Gasteiger partial charge is 0.432 e. The maximum Gasteiger partial charge on any atom is 0.387 e. The number of hydrogen-bond acceptors (Lipinski definition) is 4. The highest BCUT2D eigenvalue weighted by atomic mass is 19.3. The van der Waals surface area contributed by atoms with Crippen molar-refractivity contribution in [3.05, 3.63) is 17.9 Å². The molecule has 1 atom stereocenters. The van der Waals surface area contributed by atoms with Crippen LogP contribution in [0, 0.1) is 5.82 Å². The van der Waals surface area contributed by atoms with Crippen molar-refractivity contribution in [3.8, 4) is 5.75 Å². The van der Waals surface area contributed by atoms with E-state index in [0.29, 0.717) is 25.4 Å². The van der Waals surface area contributed by atoms with E-state index in [4.69, 9.17) is 10.5 Å². The number of rotatable bonds is 4. The van der Waals surface area contributed by atoms with Crippen molar-refractivity contribution in [2.24, 2.45) is 0 Å². The summed E-state index contributed by atoms with van der Waals surface area (Å²) >= 11 is 0. The molecule has 0 radical (unpaired) electrons. The predicted molar refractivity (Wildman–Crippen MR) is 69.7 cm³/mol. The smallest absolute Gasteiger partial charge is 0.387 e. The highest BCUT2D eigenvalue weighted by Gasteiger charge is 2.23. The first-order valence-electron chi connectivity index (χ1n) is 6.41. The fourth-order valence-electron chi connectivity index (χ4n) is 2.20. The Morgan fingerprint density at radius 1 is 1.50 bits per heavy atom. The first kappa shape index (κ1) is 14.8. The number of halogens is 3. The molecule has 20 heavy (non-hydrogen) atoms. The van der Waals surface area contributed by atoms with E-state index in [-0.39, 0.29) is 11.8 Å². The minimum absolute atomic E-state index is 0.0488. The summed E-state index contributed by atoms with van der Waals surface area (Å²) < 4.78 is 47.7. The van der Waals surface area contributed by atoms with E-state index in [1.165, 1.54) is 6.07 Å². The molecular weight excluding hydrogens is 273 g/mol. The molecule has 0 aliphatic carbocycles. The number of nitrogens with zero attached hydrogens (tertiary/aromatic N) is 1. The third-order valence-corrected chi connectivity index (χ3v) is 3.23. The summed E-state index contributed by atoms with van der Waals surface area (Å²) in [6.07, 6.45) is 0.880. The number of benzene rings is 1. The molecule has 1 aromatic carbocycles. The molecule has 7 heteroatoms. The summed E-state index contributed by atoms with van der Waals surface area (Å²) in [5.41, 5.74) is 6.46. The number of nitrogens with two attached hydrogens (primary N) is 1. The third-order valence-electron chi connectivity index (χ3n) is 3.23. The molecule has 0 saturated carbocycles. The zero-order valence-corrected chi connectivity index (χ0v) is 11.1. The lowest BCUT2D eigenvalue weighted by Crippen LogP contribution is -2.42. The van der Waals surface area contributed by atoms with Gasteiger partial charge in [-0.25, -0.2) is 4.39 Å². The van der Waals surface area contributed by atoms with Gasteiger partial charge < -0.3 is 20.1 Å². The van der Waals surface area contributed by atoms with Crippen LogP contribution in [-0.4, -0.2) is 32.4 Å². The first-order valence-corrected chi connectivity index (χ1v) is 6.41. The fourth-order valence-corrected chi connectivity index (χ4v) is 2.20. The maximum atomic E-state index is 13.5. The SMILES string of the molecule is CCC1CN(c2cc(OC(F)F)c(F)cc2N)CCO1. The molecule has 1 aliphatic heterocycles. The van der Waals surface area contributed by atoms with Gasteiger partial charge in [-0.2, -0.15) is 8.78 Å². The van der Waals surface area contributed by atoms with Gasteiger partial charge in [0.1, 0.15) is 0 Å². The summed E-state index contributed by atoms with van der Waals surface area (Å²) in [6.45, 7) is 0.587. The van der Waals surface area contributed by atoms with Crippen LogP contribution in [-0.2, 0) is 4.74 Å². The molecule has 1 saturated heterocycles. The lowest BCUT2D eigenvalue weighted by molar-refractivity contribution is -0.0521. The predicted octanol–water partition coefficient (Wildman–Crippen LogP) is 2.62. The van der Waals surface area contributed by atoms with Gasteiger partial charge in [-0.15, -0.1) is 0 Å². The van der Waals surface area contributed by atoms with E-state index in [0.717, 1.165) is 12.5 Å². The van der Waals surface area contributed by atoms with Crippen molar-refractivity contribution in [2.75, 3.05) is 30.3 Å². The van der Waals surface area contributed by atoms with Crippen LogP contribution in [0.2, 0.25) is 0 Å². The van der Waals surface area contributed by atoms with E-state index in [1.807, 2.05) is 11.8 Å². The Kier molecular flexibility index (Phi) is 4.59. The van der Waals surface area contributed by atoms with Crippen molar-refractivity contribution < 1.29 is 22.6 Å². The van der Waals surface area contributed by atoms with Crippen LogP contribution in [0.15, 0.2) is 12.1 Å². The number of ether oxygens (including phenoxy) is 2. The molecule has 0 aromatic heterocycles. The molecule has 1 aliphatic rings. The van der Waals surface area contributed by atoms with Crippen molar-refractivity contribution in [1.29, 1.82) is 0 Å². The van der Waals surface area contributed by atoms with E-state index < -0.39 is 18.2 Å². The summed E-state index contributed by atoms with van der Waals surface area (Å²) in [4.78, 5) is 1.89. The van der Waals surface area contributed by atoms with Gasteiger partial charge in [0.05, 0.1) is 24.1 Å². The van der Waals surface area contributed by atoms with Crippen molar-refractivity contribution in [2.45, 2.75) is 26.1 Å². The zero-order valence-electron chi connectivity index (χ0n) is 11.1. The highest BCUT2D eigenvalue weighted by Crippen LogP contribution is 2.33. The summed E-state index contributed by atoms with van der Waals surface area (Å²) in [5.74, 6) is -1.39. The van der Waals surface area contributed by atoms with Crippen molar-refractivity contribution >= 4 is 11.4 Å². The number of alkyl halides is 2. The normalized spacial score (nSPS) is 19.4. The molecule has 0 bridgehead atoms. The quantitative estimate of drug-likeness (QED) is 0.866. The number of nitrogen functional groups attached to an aromatic ring is 1. The molecule has 4 nitrogen and oxygen atoms in total. The van der Waals surface area contributed by atoms with Crippen molar-refractivity contribution in [1.82, 2.24) is 0 Å². The van der Waals surface area contributed by atoms with Gasteiger partial charge in [0.15, 0.2) is 11.6 Å². The average Bonchev–Trinajstić information content (AvgIpc) is 2.41. The Labute approximate surface area is 115 Å². The average molecular weight is 290 g/mol. The molecule has 0 amide bonds. The van der Waals surface area contributed by atoms with Crippen molar-refractivity contribution in [3.63, 3.8) is 0 Å². The van der Waals surface area contributed by atoms with E-state index in [9.17, 15) is 13.2 Å². The lowest BCUT2D eigenvalue weighted by Gasteiger charge is -2.35. The molecule has 1 aromatic rings. The van der Waals surface area contributed by atoms with E-state index in [2.05, 4.69) is 4.74 Å². The molecular formula is C13H17F3N2O2. The monoisotopic (exact) mass is 290 g/mol. The minimum atomic E-state index is -3.07. The second-order valence-corrected chi connectivity index (χ2v) is 4.57. The van der Waals surface area contributed by atoms with Gasteiger partial charge in [-0.1, -0.05) is 6.92 Å². The van der Waals surface area contributed by atoms with Crippen LogP contribution >= 0.6 is 0 Å². The van der Waals surface area contributed by atoms with Gasteiger partial charge in [0.2, 0.25) is 0 Å². The van der Waals surface area contributed by atoms with Gasteiger partial charge in [0, 0.05) is 25.2 Å². The Morgan fingerprint density at radius 2 is 2.25 bits per heavy atom. The zero-order chi connectivity index (χ0) is 14.7. The Morgan fingerprint density at radius 3 is 2.90 bits per heavy atom. The summed E-state index contributed by atoms with van der Waals surface area (Å²) in [5, 5.41) is 0.